The average Bonchev–Trinajstić information content (AvgIpc) is 2.47. The van der Waals surface area contributed by atoms with E-state index < -0.39 is 16.9 Å². The summed E-state index contributed by atoms with van der Waals surface area (Å²) in [4.78, 5) is 57.2. The molecule has 0 fully saturated rings. The van der Waals surface area contributed by atoms with E-state index in [1.54, 1.807) is 0 Å². The van der Waals surface area contributed by atoms with E-state index in [0.717, 1.165) is 0 Å². The van der Waals surface area contributed by atoms with Crippen LogP contribution in [-0.2, 0) is 9.59 Å². The fraction of sp³-hybridized carbons (Fsp3) is 0. The number of aromatic amines is 4. The zero-order valence-electron chi connectivity index (χ0n) is 7.04. The number of fused-ring (bicyclic) bond motifs is 1. The minimum absolute atomic E-state index is 0.0413. The second-order valence-corrected chi connectivity index (χ2v) is 2.32. The Bertz CT molecular complexity index is 665. The van der Waals surface area contributed by atoms with Crippen LogP contribution < -0.4 is 16.9 Å². The topological polar surface area (TPSA) is 149 Å². The summed E-state index contributed by atoms with van der Waals surface area (Å²) >= 11 is 0. The molecule has 0 bridgehead atoms. The van der Waals surface area contributed by atoms with Gasteiger partial charge in [0, 0.05) is 0 Å². The van der Waals surface area contributed by atoms with Crippen molar-refractivity contribution in [3.63, 3.8) is 0 Å². The monoisotopic (exact) mass is 212 g/mol. The van der Waals surface area contributed by atoms with Crippen LogP contribution in [0.2, 0.25) is 0 Å². The second-order valence-electron chi connectivity index (χ2n) is 2.32. The van der Waals surface area contributed by atoms with Gasteiger partial charge >= 0.3 is 17.5 Å². The van der Waals surface area contributed by atoms with Crippen molar-refractivity contribution in [3.05, 3.63) is 31.3 Å². The maximum absolute atomic E-state index is 10.9. The van der Waals surface area contributed by atoms with Crippen LogP contribution in [0.1, 0.15) is 0 Å². The lowest BCUT2D eigenvalue weighted by Gasteiger charge is -1.83. The third kappa shape index (κ3) is 2.17. The van der Waals surface area contributed by atoms with Gasteiger partial charge < -0.3 is 0 Å². The van der Waals surface area contributed by atoms with Gasteiger partial charge in [-0.15, -0.1) is 0 Å². The highest BCUT2D eigenvalue weighted by Gasteiger charge is 2.02. The highest BCUT2D eigenvalue weighted by Crippen LogP contribution is 1.88. The van der Waals surface area contributed by atoms with Gasteiger partial charge in [-0.2, -0.15) is 9.59 Å². The van der Waals surface area contributed by atoms with E-state index in [-0.39, 0.29) is 17.3 Å². The first-order chi connectivity index (χ1) is 7.08. The predicted molar refractivity (Wildman–Crippen MR) is 45.2 cm³/mol. The molecule has 15 heavy (non-hydrogen) atoms. The molecular weight excluding hydrogens is 208 g/mol. The van der Waals surface area contributed by atoms with Crippen LogP contribution in [0.25, 0.3) is 11.2 Å². The van der Waals surface area contributed by atoms with Crippen molar-refractivity contribution in [1.82, 2.24) is 19.9 Å². The van der Waals surface area contributed by atoms with E-state index in [1.165, 1.54) is 0 Å². The third-order valence-electron chi connectivity index (χ3n) is 1.42. The molecule has 0 aromatic carbocycles. The molecule has 0 aliphatic rings. The Kier molecular flexibility index (Phi) is 2.79. The standard InChI is InChI=1S/C5H4N4O3.CO2/c10-3-1-2(7-4(11)6-1)8-5(12)9-3;2-1-3/h(H4,6,7,8,9,10,11,12);. The summed E-state index contributed by atoms with van der Waals surface area (Å²) in [6.45, 7) is 0. The fourth-order valence-corrected chi connectivity index (χ4v) is 0.958. The Morgan fingerprint density at radius 3 is 1.80 bits per heavy atom. The molecule has 2 aromatic rings. The van der Waals surface area contributed by atoms with Gasteiger partial charge in [-0.3, -0.25) is 24.7 Å². The van der Waals surface area contributed by atoms with Gasteiger partial charge in [-0.1, -0.05) is 0 Å². The fourth-order valence-electron chi connectivity index (χ4n) is 0.958. The third-order valence-corrected chi connectivity index (χ3v) is 1.42. The Labute approximate surface area is 79.2 Å². The molecule has 78 valence electrons. The Morgan fingerprint density at radius 1 is 0.800 bits per heavy atom. The summed E-state index contributed by atoms with van der Waals surface area (Å²) in [7, 11) is 0. The number of hydrogen-bond acceptors (Lipinski definition) is 5. The largest absolute Gasteiger partial charge is 0.373 e. The summed E-state index contributed by atoms with van der Waals surface area (Å²) in [5.41, 5.74) is -1.65. The van der Waals surface area contributed by atoms with Crippen LogP contribution >= 0.6 is 0 Å². The molecule has 0 saturated carbocycles. The maximum atomic E-state index is 10.9. The lowest BCUT2D eigenvalue weighted by molar-refractivity contribution is -0.191. The van der Waals surface area contributed by atoms with Crippen molar-refractivity contribution in [1.29, 1.82) is 0 Å². The molecule has 0 spiro atoms. The summed E-state index contributed by atoms with van der Waals surface area (Å²) in [6.07, 6.45) is 0.250. The van der Waals surface area contributed by atoms with E-state index >= 15 is 0 Å². The van der Waals surface area contributed by atoms with Gasteiger partial charge in [0.05, 0.1) is 0 Å². The van der Waals surface area contributed by atoms with Crippen molar-refractivity contribution in [2.45, 2.75) is 0 Å². The minimum atomic E-state index is -0.650. The minimum Gasteiger partial charge on any atom is -0.300 e. The molecule has 0 aliphatic carbocycles. The zero-order valence-corrected chi connectivity index (χ0v) is 7.04. The predicted octanol–water partition coefficient (Wildman–Crippen LogP) is -2.35. The van der Waals surface area contributed by atoms with Crippen molar-refractivity contribution < 1.29 is 9.59 Å². The smallest absolute Gasteiger partial charge is 0.300 e. The second kappa shape index (κ2) is 4.03. The molecule has 0 atom stereocenters. The van der Waals surface area contributed by atoms with Gasteiger partial charge in [-0.05, 0) is 0 Å². The molecule has 2 heterocycles. The molecular formula is C6H4N4O5. The first-order valence-corrected chi connectivity index (χ1v) is 3.52. The lowest BCUT2D eigenvalue weighted by Crippen LogP contribution is -2.21. The zero-order chi connectivity index (χ0) is 11.4. The van der Waals surface area contributed by atoms with Crippen LogP contribution in [0.5, 0.6) is 0 Å². The number of hydrogen-bond donors (Lipinski definition) is 4. The molecule has 0 aliphatic heterocycles. The van der Waals surface area contributed by atoms with Crippen molar-refractivity contribution in [2.75, 3.05) is 0 Å². The molecule has 9 nitrogen and oxygen atoms in total. The molecule has 2 aromatic heterocycles. The molecule has 0 unspecified atom stereocenters. The number of aromatic nitrogens is 4. The van der Waals surface area contributed by atoms with Gasteiger partial charge in [0.2, 0.25) is 0 Å². The molecule has 4 N–H and O–H groups in total. The van der Waals surface area contributed by atoms with Crippen LogP contribution in [0.15, 0.2) is 14.4 Å². The number of H-pyrrole nitrogens is 4. The molecule has 9 heteroatoms. The van der Waals surface area contributed by atoms with Gasteiger partial charge in [-0.25, -0.2) is 9.59 Å². The molecule has 0 amide bonds. The van der Waals surface area contributed by atoms with E-state index in [2.05, 4.69) is 15.0 Å². The maximum Gasteiger partial charge on any atom is 0.373 e. The van der Waals surface area contributed by atoms with Crippen LogP contribution in [0.3, 0.4) is 0 Å². The number of rotatable bonds is 0. The number of imidazole rings is 1. The van der Waals surface area contributed by atoms with Crippen molar-refractivity contribution >= 4 is 17.3 Å². The van der Waals surface area contributed by atoms with E-state index in [9.17, 15) is 14.4 Å². The summed E-state index contributed by atoms with van der Waals surface area (Å²) in [5, 5.41) is 0. The molecule has 2 rings (SSSR count). The van der Waals surface area contributed by atoms with Gasteiger partial charge in [0.25, 0.3) is 5.56 Å². The molecule has 0 radical (unpaired) electrons. The van der Waals surface area contributed by atoms with Crippen LogP contribution in [0, 0.1) is 0 Å². The van der Waals surface area contributed by atoms with E-state index in [0.29, 0.717) is 0 Å². The van der Waals surface area contributed by atoms with Gasteiger partial charge in [0.1, 0.15) is 11.2 Å². The molecule has 0 saturated heterocycles. The first-order valence-electron chi connectivity index (χ1n) is 3.52. The number of carbonyl (C=O) groups excluding carboxylic acids is 2. The lowest BCUT2D eigenvalue weighted by atomic mass is 10.5. The Balaban J connectivity index is 0.000000337. The SMILES string of the molecule is O=C=O.O=c1[nH]c(=O)c2[nH]c(=O)[nH]c2[nH]1. The van der Waals surface area contributed by atoms with E-state index in [4.69, 9.17) is 9.59 Å². The summed E-state index contributed by atoms with van der Waals surface area (Å²) < 4.78 is 0. The highest BCUT2D eigenvalue weighted by molar-refractivity contribution is 5.67. The van der Waals surface area contributed by atoms with Crippen molar-refractivity contribution in [2.24, 2.45) is 0 Å². The summed E-state index contributed by atoms with van der Waals surface area (Å²) in [6, 6.07) is 0. The Hall–Kier alpha value is -2.67. The number of nitrogens with one attached hydrogen (secondary N) is 4. The average molecular weight is 212 g/mol. The normalized spacial score (nSPS) is 9.07. The van der Waals surface area contributed by atoms with Crippen LogP contribution in [0.4, 0.5) is 0 Å². The summed E-state index contributed by atoms with van der Waals surface area (Å²) in [5.74, 6) is 0. The quantitative estimate of drug-likeness (QED) is 0.385. The van der Waals surface area contributed by atoms with E-state index in [1.807, 2.05) is 4.98 Å². The van der Waals surface area contributed by atoms with Crippen LogP contribution in [-0.4, -0.2) is 26.1 Å². The Morgan fingerprint density at radius 2 is 1.27 bits per heavy atom. The highest BCUT2D eigenvalue weighted by atomic mass is 16.2. The first kappa shape index (κ1) is 10.4. The van der Waals surface area contributed by atoms with Gasteiger partial charge in [0.15, 0.2) is 0 Å². The van der Waals surface area contributed by atoms with Crippen molar-refractivity contribution in [3.8, 4) is 0 Å².